The number of aliphatic hydroxyl groups excluding tert-OH is 1. The van der Waals surface area contributed by atoms with E-state index in [1.807, 2.05) is 16.7 Å². The lowest BCUT2D eigenvalue weighted by Gasteiger charge is -2.10. The number of hydrogen-bond acceptors (Lipinski definition) is 2. The molecular weight excluding hydrogens is 272 g/mol. The molecule has 0 atom stereocenters. The molecule has 0 saturated carbocycles. The van der Waals surface area contributed by atoms with Gasteiger partial charge in [0.1, 0.15) is 6.33 Å². The third-order valence-electron chi connectivity index (χ3n) is 3.63. The molecule has 0 aliphatic rings. The Balaban J connectivity index is 2.27. The van der Waals surface area contributed by atoms with Crippen molar-refractivity contribution < 1.29 is 5.11 Å². The van der Waals surface area contributed by atoms with Crippen LogP contribution in [0.4, 0.5) is 0 Å². The van der Waals surface area contributed by atoms with E-state index >= 15 is 0 Å². The zero-order valence-electron chi connectivity index (χ0n) is 11.4. The molecular formula is C16H15ClN2O. The minimum absolute atomic E-state index is 0.0551. The van der Waals surface area contributed by atoms with Gasteiger partial charge >= 0.3 is 0 Å². The molecule has 0 fully saturated rings. The van der Waals surface area contributed by atoms with E-state index in [1.54, 1.807) is 12.4 Å². The molecule has 3 aromatic rings. The van der Waals surface area contributed by atoms with Crippen LogP contribution >= 0.6 is 11.6 Å². The molecule has 0 aliphatic heterocycles. The highest BCUT2D eigenvalue weighted by Gasteiger charge is 2.10. The van der Waals surface area contributed by atoms with Gasteiger partial charge in [-0.2, -0.15) is 0 Å². The highest BCUT2D eigenvalue weighted by atomic mass is 35.5. The summed E-state index contributed by atoms with van der Waals surface area (Å²) in [6.07, 6.45) is 1.78. The van der Waals surface area contributed by atoms with Gasteiger partial charge in [-0.1, -0.05) is 11.6 Å². The second kappa shape index (κ2) is 4.93. The third kappa shape index (κ3) is 2.09. The molecule has 3 rings (SSSR count). The van der Waals surface area contributed by atoms with Gasteiger partial charge in [-0.05, 0) is 55.3 Å². The maximum atomic E-state index is 9.52. The molecule has 102 valence electrons. The Morgan fingerprint density at radius 3 is 2.65 bits per heavy atom. The Hall–Kier alpha value is -1.84. The number of halogens is 1. The summed E-state index contributed by atoms with van der Waals surface area (Å²) in [7, 11) is 0. The Morgan fingerprint density at radius 2 is 1.90 bits per heavy atom. The van der Waals surface area contributed by atoms with Crippen molar-refractivity contribution in [3.8, 4) is 5.69 Å². The van der Waals surface area contributed by atoms with E-state index in [4.69, 9.17) is 11.6 Å². The molecule has 20 heavy (non-hydrogen) atoms. The number of benzene rings is 2. The van der Waals surface area contributed by atoms with Crippen LogP contribution in [0.2, 0.25) is 5.02 Å². The van der Waals surface area contributed by atoms with Gasteiger partial charge in [-0.3, -0.25) is 4.57 Å². The molecule has 0 unspecified atom stereocenters. The average Bonchev–Trinajstić information content (AvgIpc) is 2.82. The number of aromatic nitrogens is 2. The van der Waals surface area contributed by atoms with E-state index in [-0.39, 0.29) is 6.61 Å². The van der Waals surface area contributed by atoms with Gasteiger partial charge < -0.3 is 5.11 Å². The number of aryl methyl sites for hydroxylation is 2. The van der Waals surface area contributed by atoms with E-state index in [9.17, 15) is 5.11 Å². The minimum atomic E-state index is -0.0551. The number of aliphatic hydroxyl groups is 1. The van der Waals surface area contributed by atoms with Crippen molar-refractivity contribution in [3.05, 3.63) is 58.4 Å². The molecule has 0 bridgehead atoms. The first-order valence-electron chi connectivity index (χ1n) is 6.44. The highest BCUT2D eigenvalue weighted by molar-refractivity contribution is 6.30. The zero-order chi connectivity index (χ0) is 14.3. The lowest BCUT2D eigenvalue weighted by molar-refractivity contribution is 0.281. The summed E-state index contributed by atoms with van der Waals surface area (Å²) in [5, 5.41) is 10.1. The van der Waals surface area contributed by atoms with Gasteiger partial charge in [-0.15, -0.1) is 0 Å². The quantitative estimate of drug-likeness (QED) is 0.778. The number of imidazole rings is 1. The summed E-state index contributed by atoms with van der Waals surface area (Å²) in [6, 6.07) is 9.71. The predicted molar refractivity (Wildman–Crippen MR) is 81.5 cm³/mol. The van der Waals surface area contributed by atoms with Gasteiger partial charge in [0.2, 0.25) is 0 Å². The molecule has 1 N–H and O–H groups in total. The average molecular weight is 287 g/mol. The Labute approximate surface area is 122 Å². The Morgan fingerprint density at radius 1 is 1.15 bits per heavy atom. The normalized spacial score (nSPS) is 11.2. The first-order valence-corrected chi connectivity index (χ1v) is 6.82. The van der Waals surface area contributed by atoms with Crippen molar-refractivity contribution in [3.63, 3.8) is 0 Å². The van der Waals surface area contributed by atoms with Crippen LogP contribution in [0.25, 0.3) is 16.7 Å². The summed E-state index contributed by atoms with van der Waals surface area (Å²) >= 11 is 5.99. The van der Waals surface area contributed by atoms with Crippen molar-refractivity contribution in [2.45, 2.75) is 20.5 Å². The van der Waals surface area contributed by atoms with Gasteiger partial charge in [-0.25, -0.2) is 4.98 Å². The second-order valence-electron chi connectivity index (χ2n) is 4.97. The van der Waals surface area contributed by atoms with E-state index < -0.39 is 0 Å². The lowest BCUT2D eigenvalue weighted by atomic mass is 10.1. The molecule has 1 aromatic heterocycles. The molecule has 0 aliphatic carbocycles. The summed E-state index contributed by atoms with van der Waals surface area (Å²) in [5.41, 5.74) is 6.12. The van der Waals surface area contributed by atoms with Crippen LogP contribution in [0.15, 0.2) is 36.7 Å². The second-order valence-corrected chi connectivity index (χ2v) is 5.41. The number of fused-ring (bicyclic) bond motifs is 1. The van der Waals surface area contributed by atoms with Crippen LogP contribution in [0.1, 0.15) is 16.7 Å². The molecule has 4 heteroatoms. The fraction of sp³-hybridized carbons (Fsp3) is 0.188. The largest absolute Gasteiger partial charge is 0.392 e. The molecule has 0 amide bonds. The fourth-order valence-corrected chi connectivity index (χ4v) is 2.57. The monoisotopic (exact) mass is 286 g/mol. The van der Waals surface area contributed by atoms with Crippen LogP contribution in [-0.2, 0) is 6.61 Å². The Kier molecular flexibility index (Phi) is 3.24. The minimum Gasteiger partial charge on any atom is -0.392 e. The van der Waals surface area contributed by atoms with Gasteiger partial charge in [0.05, 0.1) is 23.3 Å². The number of nitrogens with zero attached hydrogens (tertiary/aromatic N) is 2. The van der Waals surface area contributed by atoms with Crippen LogP contribution in [0.3, 0.4) is 0 Å². The molecule has 1 heterocycles. The van der Waals surface area contributed by atoms with Crippen molar-refractivity contribution in [1.29, 1.82) is 0 Å². The molecule has 0 spiro atoms. The summed E-state index contributed by atoms with van der Waals surface area (Å²) in [5.74, 6) is 0. The van der Waals surface area contributed by atoms with E-state index in [1.165, 1.54) is 11.1 Å². The predicted octanol–water partition coefficient (Wildman–Crippen LogP) is 3.79. The van der Waals surface area contributed by atoms with E-state index in [0.717, 1.165) is 22.3 Å². The number of hydrogen-bond donors (Lipinski definition) is 1. The van der Waals surface area contributed by atoms with Crippen LogP contribution in [0.5, 0.6) is 0 Å². The van der Waals surface area contributed by atoms with Crippen LogP contribution in [0, 0.1) is 13.8 Å². The molecule has 2 aromatic carbocycles. The maximum absolute atomic E-state index is 9.52. The van der Waals surface area contributed by atoms with E-state index in [2.05, 4.69) is 31.0 Å². The summed E-state index contributed by atoms with van der Waals surface area (Å²) in [6.45, 7) is 4.11. The SMILES string of the molecule is Cc1cc2ncn(-c3ccc(Cl)cc3CO)c2cc1C. The van der Waals surface area contributed by atoms with Crippen molar-refractivity contribution in [2.75, 3.05) is 0 Å². The van der Waals surface area contributed by atoms with Crippen LogP contribution in [-0.4, -0.2) is 14.7 Å². The maximum Gasteiger partial charge on any atom is 0.100 e. The van der Waals surface area contributed by atoms with Gasteiger partial charge in [0, 0.05) is 10.6 Å². The first kappa shape index (κ1) is 13.2. The van der Waals surface area contributed by atoms with Crippen molar-refractivity contribution in [2.24, 2.45) is 0 Å². The van der Waals surface area contributed by atoms with Crippen molar-refractivity contribution >= 4 is 22.6 Å². The number of rotatable bonds is 2. The van der Waals surface area contributed by atoms with Crippen LogP contribution < -0.4 is 0 Å². The summed E-state index contributed by atoms with van der Waals surface area (Å²) < 4.78 is 1.99. The zero-order valence-corrected chi connectivity index (χ0v) is 12.1. The smallest absolute Gasteiger partial charge is 0.100 e. The van der Waals surface area contributed by atoms with E-state index in [0.29, 0.717) is 5.02 Å². The fourth-order valence-electron chi connectivity index (χ4n) is 2.37. The van der Waals surface area contributed by atoms with Gasteiger partial charge in [0.25, 0.3) is 0 Å². The third-order valence-corrected chi connectivity index (χ3v) is 3.87. The highest BCUT2D eigenvalue weighted by Crippen LogP contribution is 2.25. The molecule has 0 radical (unpaired) electrons. The van der Waals surface area contributed by atoms with Gasteiger partial charge in [0.15, 0.2) is 0 Å². The Bertz CT molecular complexity index is 793. The molecule has 3 nitrogen and oxygen atoms in total. The summed E-state index contributed by atoms with van der Waals surface area (Å²) in [4.78, 5) is 4.44. The van der Waals surface area contributed by atoms with Crippen molar-refractivity contribution in [1.82, 2.24) is 9.55 Å². The lowest BCUT2D eigenvalue weighted by Crippen LogP contribution is -1.99. The standard InChI is InChI=1S/C16H15ClN2O/c1-10-5-14-16(6-11(10)2)19(9-18-14)15-4-3-13(17)7-12(15)8-20/h3-7,9,20H,8H2,1-2H3. The topological polar surface area (TPSA) is 38.0 Å². The first-order chi connectivity index (χ1) is 9.60. The molecule has 0 saturated heterocycles.